The lowest BCUT2D eigenvalue weighted by molar-refractivity contribution is -0.115. The molecule has 1 aliphatic rings. The number of nitrogens with zero attached hydrogens (tertiary/aromatic N) is 2. The summed E-state index contributed by atoms with van der Waals surface area (Å²) in [5.74, 6) is 0.996. The summed E-state index contributed by atoms with van der Waals surface area (Å²) in [6.07, 6.45) is 7.52. The van der Waals surface area contributed by atoms with Gasteiger partial charge in [0.2, 0.25) is 11.9 Å². The predicted molar refractivity (Wildman–Crippen MR) is 133 cm³/mol. The molecule has 0 bridgehead atoms. The van der Waals surface area contributed by atoms with Crippen LogP contribution < -0.4 is 26.4 Å². The van der Waals surface area contributed by atoms with Gasteiger partial charge >= 0.3 is 0 Å². The molecule has 1 aliphatic carbocycles. The van der Waals surface area contributed by atoms with E-state index in [9.17, 15) is 9.59 Å². The van der Waals surface area contributed by atoms with Crippen LogP contribution >= 0.6 is 11.6 Å². The highest BCUT2D eigenvalue weighted by molar-refractivity contribution is 6.32. The number of rotatable bonds is 9. The third-order valence-electron chi connectivity index (χ3n) is 4.99. The molecular formula is C23H33ClN6O4. The van der Waals surface area contributed by atoms with Gasteiger partial charge in [-0.2, -0.15) is 4.98 Å². The summed E-state index contributed by atoms with van der Waals surface area (Å²) >= 11 is 6.29. The first-order valence-corrected chi connectivity index (χ1v) is 11.5. The summed E-state index contributed by atoms with van der Waals surface area (Å²) in [6, 6.07) is 5.52. The van der Waals surface area contributed by atoms with Gasteiger partial charge in [0, 0.05) is 32.2 Å². The maximum Gasteiger partial charge on any atom is 0.251 e. The van der Waals surface area contributed by atoms with Gasteiger partial charge in [-0.1, -0.05) is 30.9 Å². The van der Waals surface area contributed by atoms with Gasteiger partial charge < -0.3 is 31.2 Å². The van der Waals surface area contributed by atoms with Crippen LogP contribution in [0, 0.1) is 0 Å². The van der Waals surface area contributed by atoms with Crippen LogP contribution in [0.5, 0.6) is 5.75 Å². The van der Waals surface area contributed by atoms with Crippen LogP contribution in [0.1, 0.15) is 49.4 Å². The quantitative estimate of drug-likeness (QED) is 0.390. The maximum atomic E-state index is 12.2. The lowest BCUT2D eigenvalue weighted by atomic mass is 9.95. The van der Waals surface area contributed by atoms with Crippen molar-refractivity contribution in [3.63, 3.8) is 0 Å². The van der Waals surface area contributed by atoms with Gasteiger partial charge in [0.15, 0.2) is 5.82 Å². The average molecular weight is 493 g/mol. The van der Waals surface area contributed by atoms with Gasteiger partial charge in [-0.15, -0.1) is 0 Å². The Kier molecular flexibility index (Phi) is 11.3. The molecule has 186 valence electrons. The van der Waals surface area contributed by atoms with Gasteiger partial charge in [0.25, 0.3) is 5.91 Å². The first-order chi connectivity index (χ1) is 16.3. The molecule has 0 unspecified atom stereocenters. The van der Waals surface area contributed by atoms with E-state index in [2.05, 4.69) is 31.7 Å². The van der Waals surface area contributed by atoms with E-state index in [1.165, 1.54) is 26.2 Å². The Morgan fingerprint density at radius 2 is 1.91 bits per heavy atom. The second-order valence-corrected chi connectivity index (χ2v) is 8.18. The third-order valence-corrected chi connectivity index (χ3v) is 5.27. The molecule has 5 N–H and O–H groups in total. The fourth-order valence-electron chi connectivity index (χ4n) is 3.39. The molecule has 1 heterocycles. The fourth-order valence-corrected chi connectivity index (χ4v) is 3.54. The minimum Gasteiger partial charge on any atom is -0.495 e. The van der Waals surface area contributed by atoms with Crippen LogP contribution in [0.15, 0.2) is 24.4 Å². The monoisotopic (exact) mass is 492 g/mol. The van der Waals surface area contributed by atoms with Crippen LogP contribution in [0.3, 0.4) is 0 Å². The highest BCUT2D eigenvalue weighted by Crippen LogP contribution is 2.30. The number of carbonyl (C=O) groups is 2. The van der Waals surface area contributed by atoms with Crippen LogP contribution in [-0.4, -0.2) is 55.2 Å². The summed E-state index contributed by atoms with van der Waals surface area (Å²) in [5.41, 5.74) is 5.61. The van der Waals surface area contributed by atoms with Crippen molar-refractivity contribution >= 4 is 40.9 Å². The topological polar surface area (TPSA) is 140 Å². The molecule has 34 heavy (non-hydrogen) atoms. The number of amides is 2. The average Bonchev–Trinajstić information content (AvgIpc) is 2.82. The Labute approximate surface area is 205 Å². The second-order valence-electron chi connectivity index (χ2n) is 7.77. The maximum absolute atomic E-state index is 12.2. The van der Waals surface area contributed by atoms with E-state index in [0.717, 1.165) is 12.8 Å². The van der Waals surface area contributed by atoms with Crippen LogP contribution in [0.2, 0.25) is 5.02 Å². The molecule has 2 aromatic rings. The van der Waals surface area contributed by atoms with Crippen molar-refractivity contribution in [2.24, 2.45) is 5.73 Å². The largest absolute Gasteiger partial charge is 0.495 e. The number of halogens is 1. The van der Waals surface area contributed by atoms with Gasteiger partial charge in [0.1, 0.15) is 10.8 Å². The molecule has 0 spiro atoms. The molecule has 1 aromatic carbocycles. The van der Waals surface area contributed by atoms with Crippen molar-refractivity contribution in [2.45, 2.75) is 45.1 Å². The number of methoxy groups -OCH3 is 2. The van der Waals surface area contributed by atoms with Crippen molar-refractivity contribution < 1.29 is 19.1 Å². The van der Waals surface area contributed by atoms with Crippen molar-refractivity contribution in [1.82, 2.24) is 15.3 Å². The van der Waals surface area contributed by atoms with E-state index >= 15 is 0 Å². The number of carbonyl (C=O) groups excluding carboxylic acids is 2. The molecule has 0 atom stereocenters. The third kappa shape index (κ3) is 9.03. The first-order valence-electron chi connectivity index (χ1n) is 11.1. The normalized spacial score (nSPS) is 13.3. The molecule has 0 saturated heterocycles. The number of ether oxygens (including phenoxy) is 2. The van der Waals surface area contributed by atoms with Gasteiger partial charge in [0.05, 0.1) is 25.6 Å². The van der Waals surface area contributed by atoms with E-state index in [1.807, 2.05) is 0 Å². The van der Waals surface area contributed by atoms with Gasteiger partial charge in [-0.05, 0) is 31.0 Å². The van der Waals surface area contributed by atoms with E-state index in [0.29, 0.717) is 53.0 Å². The van der Waals surface area contributed by atoms with E-state index in [4.69, 9.17) is 21.1 Å². The zero-order valence-electron chi connectivity index (χ0n) is 19.8. The molecule has 2 amide bonds. The highest BCUT2D eigenvalue weighted by atomic mass is 35.5. The Hall–Kier alpha value is -3.11. The molecule has 3 rings (SSSR count). The van der Waals surface area contributed by atoms with Crippen molar-refractivity contribution in [2.75, 3.05) is 38.0 Å². The summed E-state index contributed by atoms with van der Waals surface area (Å²) < 4.78 is 10.4. The zero-order valence-corrected chi connectivity index (χ0v) is 20.6. The number of aromatic nitrogens is 2. The number of nitrogens with two attached hydrogens (primary N) is 1. The van der Waals surface area contributed by atoms with Crippen LogP contribution in [0.4, 0.5) is 17.5 Å². The summed E-state index contributed by atoms with van der Waals surface area (Å²) in [4.78, 5) is 30.3. The molecule has 11 heteroatoms. The number of primary amides is 1. The smallest absolute Gasteiger partial charge is 0.251 e. The van der Waals surface area contributed by atoms with E-state index in [1.54, 1.807) is 38.6 Å². The SMILES string of the molecule is CC(N)=O.COCCNC(=O)c1ccc(Nc2ncc(Cl)c(NC3CCCCC3)n2)c(OC)c1. The minimum atomic E-state index is -0.333. The molecule has 0 radical (unpaired) electrons. The molecule has 1 saturated carbocycles. The minimum absolute atomic E-state index is 0.196. The summed E-state index contributed by atoms with van der Waals surface area (Å²) in [5, 5.41) is 9.86. The second kappa shape index (κ2) is 14.2. The number of hydrogen-bond acceptors (Lipinski definition) is 8. The van der Waals surface area contributed by atoms with E-state index in [-0.39, 0.29) is 11.8 Å². The molecule has 1 fully saturated rings. The number of anilines is 3. The first kappa shape index (κ1) is 27.1. The molecule has 0 aliphatic heterocycles. The summed E-state index contributed by atoms with van der Waals surface area (Å²) in [6.45, 7) is 2.20. The van der Waals surface area contributed by atoms with Crippen molar-refractivity contribution in [3.05, 3.63) is 35.0 Å². The number of benzene rings is 1. The van der Waals surface area contributed by atoms with Gasteiger partial charge in [-0.3, -0.25) is 9.59 Å². The van der Waals surface area contributed by atoms with Crippen molar-refractivity contribution in [1.29, 1.82) is 0 Å². The summed E-state index contributed by atoms with van der Waals surface area (Å²) in [7, 11) is 3.14. The Balaban J connectivity index is 0.000000945. The van der Waals surface area contributed by atoms with Crippen LogP contribution in [-0.2, 0) is 9.53 Å². The molecule has 10 nitrogen and oxygen atoms in total. The van der Waals surface area contributed by atoms with Crippen molar-refractivity contribution in [3.8, 4) is 5.75 Å². The predicted octanol–water partition coefficient (Wildman–Crippen LogP) is 3.49. The highest BCUT2D eigenvalue weighted by Gasteiger charge is 2.16. The lowest BCUT2D eigenvalue weighted by Gasteiger charge is -2.23. The zero-order chi connectivity index (χ0) is 24.9. The Morgan fingerprint density at radius 3 is 2.56 bits per heavy atom. The fraction of sp³-hybridized carbons (Fsp3) is 0.478. The van der Waals surface area contributed by atoms with E-state index < -0.39 is 0 Å². The molecule has 1 aromatic heterocycles. The Morgan fingerprint density at radius 1 is 1.21 bits per heavy atom. The van der Waals surface area contributed by atoms with Crippen LogP contribution in [0.25, 0.3) is 0 Å². The lowest BCUT2D eigenvalue weighted by Crippen LogP contribution is -2.26. The standard InChI is InChI=1S/C21H28ClN5O3.C2H5NO/c1-29-11-10-23-20(28)14-8-9-17(18(12-14)30-2)26-21-24-13-16(22)19(27-21)25-15-6-4-3-5-7-15;1-2(3)4/h8-9,12-13,15H,3-7,10-11H2,1-2H3,(H,23,28)(H2,24,25,26,27);1H3,(H2,3,4). The number of hydrogen-bond donors (Lipinski definition) is 4. The van der Waals surface area contributed by atoms with Gasteiger partial charge in [-0.25, -0.2) is 4.98 Å². The molecular weight excluding hydrogens is 460 g/mol. The Bertz CT molecular complexity index is 949. The number of nitrogens with one attached hydrogen (secondary N) is 3.